The number of anilines is 1. The maximum absolute atomic E-state index is 14.0. The first-order chi connectivity index (χ1) is 13.1. The predicted molar refractivity (Wildman–Crippen MR) is 103 cm³/mol. The van der Waals surface area contributed by atoms with Crippen molar-refractivity contribution >= 4 is 11.6 Å². The van der Waals surface area contributed by atoms with E-state index in [9.17, 15) is 9.18 Å². The summed E-state index contributed by atoms with van der Waals surface area (Å²) in [7, 11) is 0. The van der Waals surface area contributed by atoms with Gasteiger partial charge in [-0.25, -0.2) is 4.39 Å². The Morgan fingerprint density at radius 1 is 1.04 bits per heavy atom. The number of rotatable bonds is 3. The van der Waals surface area contributed by atoms with E-state index in [0.717, 1.165) is 16.8 Å². The minimum atomic E-state index is -0.228. The summed E-state index contributed by atoms with van der Waals surface area (Å²) in [5.74, 6) is -0.277. The number of carbonyl (C=O) groups is 1. The average molecular weight is 364 g/mol. The molecule has 3 aromatic rings. The lowest BCUT2D eigenvalue weighted by Crippen LogP contribution is -2.49. The normalized spacial score (nSPS) is 14.4. The highest BCUT2D eigenvalue weighted by Gasteiger charge is 2.26. The molecule has 1 N–H and O–H groups in total. The lowest BCUT2D eigenvalue weighted by molar-refractivity contribution is 0.0747. The van der Waals surface area contributed by atoms with Gasteiger partial charge in [-0.2, -0.15) is 5.10 Å². The molecule has 1 aliphatic rings. The van der Waals surface area contributed by atoms with Crippen molar-refractivity contribution in [2.24, 2.45) is 0 Å². The largest absolute Gasteiger partial charge is 0.366 e. The summed E-state index contributed by atoms with van der Waals surface area (Å²) in [6, 6.07) is 14.7. The van der Waals surface area contributed by atoms with Gasteiger partial charge in [-0.3, -0.25) is 9.89 Å². The summed E-state index contributed by atoms with van der Waals surface area (Å²) in [5.41, 5.74) is 3.99. The minimum absolute atomic E-state index is 0.0486. The smallest absolute Gasteiger partial charge is 0.257 e. The van der Waals surface area contributed by atoms with Gasteiger partial charge in [-0.15, -0.1) is 0 Å². The van der Waals surface area contributed by atoms with Crippen LogP contribution in [0.15, 0.2) is 54.7 Å². The van der Waals surface area contributed by atoms with Gasteiger partial charge < -0.3 is 9.80 Å². The van der Waals surface area contributed by atoms with Gasteiger partial charge in [0, 0.05) is 31.7 Å². The van der Waals surface area contributed by atoms with E-state index >= 15 is 0 Å². The maximum atomic E-state index is 14.0. The van der Waals surface area contributed by atoms with Gasteiger partial charge >= 0.3 is 0 Å². The molecule has 6 heteroatoms. The summed E-state index contributed by atoms with van der Waals surface area (Å²) >= 11 is 0. The number of nitrogens with zero attached hydrogens (tertiary/aromatic N) is 3. The number of nitrogens with one attached hydrogen (secondary N) is 1. The van der Waals surface area contributed by atoms with Crippen LogP contribution in [0.2, 0.25) is 0 Å². The van der Waals surface area contributed by atoms with E-state index in [-0.39, 0.29) is 11.7 Å². The molecule has 0 aliphatic carbocycles. The van der Waals surface area contributed by atoms with Crippen molar-refractivity contribution in [2.75, 3.05) is 31.1 Å². The number of hydrogen-bond donors (Lipinski definition) is 1. The SMILES string of the molecule is Cc1ccc(-c2[nH]ncc2C(=O)N2CCN(c3ccccc3F)CC2)cc1. The zero-order valence-electron chi connectivity index (χ0n) is 15.2. The second-order valence-corrected chi connectivity index (χ2v) is 6.76. The van der Waals surface area contributed by atoms with Crippen LogP contribution in [-0.4, -0.2) is 47.2 Å². The molecule has 1 fully saturated rings. The van der Waals surface area contributed by atoms with Crippen molar-refractivity contribution in [2.45, 2.75) is 6.92 Å². The zero-order chi connectivity index (χ0) is 18.8. The third-order valence-corrected chi connectivity index (χ3v) is 4.97. The molecule has 1 amide bonds. The summed E-state index contributed by atoms with van der Waals surface area (Å²) in [6.07, 6.45) is 1.58. The number of hydrogen-bond acceptors (Lipinski definition) is 3. The molecule has 4 rings (SSSR count). The molecule has 2 heterocycles. The van der Waals surface area contributed by atoms with Crippen molar-refractivity contribution in [3.05, 3.63) is 71.7 Å². The first kappa shape index (κ1) is 17.3. The molecule has 0 radical (unpaired) electrons. The van der Waals surface area contributed by atoms with Crippen LogP contribution >= 0.6 is 0 Å². The monoisotopic (exact) mass is 364 g/mol. The Bertz CT molecular complexity index is 943. The van der Waals surface area contributed by atoms with Crippen molar-refractivity contribution in [1.82, 2.24) is 15.1 Å². The Morgan fingerprint density at radius 2 is 1.74 bits per heavy atom. The van der Waals surface area contributed by atoms with Crippen LogP contribution in [0.1, 0.15) is 15.9 Å². The van der Waals surface area contributed by atoms with Crippen LogP contribution in [0.25, 0.3) is 11.3 Å². The number of piperazine rings is 1. The molecule has 1 aliphatic heterocycles. The number of benzene rings is 2. The van der Waals surface area contributed by atoms with Gasteiger partial charge in [0.1, 0.15) is 5.82 Å². The van der Waals surface area contributed by atoms with Crippen molar-refractivity contribution in [3.8, 4) is 11.3 Å². The highest BCUT2D eigenvalue weighted by atomic mass is 19.1. The third kappa shape index (κ3) is 3.43. The lowest BCUT2D eigenvalue weighted by Gasteiger charge is -2.36. The number of aromatic nitrogens is 2. The molecule has 1 aromatic heterocycles. The molecule has 5 nitrogen and oxygen atoms in total. The van der Waals surface area contributed by atoms with Crippen LogP contribution in [0, 0.1) is 12.7 Å². The summed E-state index contributed by atoms with van der Waals surface area (Å²) in [6.45, 7) is 4.32. The molecule has 0 spiro atoms. The van der Waals surface area contributed by atoms with Gasteiger partial charge in [-0.1, -0.05) is 42.0 Å². The standard InChI is InChI=1S/C21H21FN4O/c1-15-6-8-16(9-7-15)20-17(14-23-24-20)21(27)26-12-10-25(11-13-26)19-5-3-2-4-18(19)22/h2-9,14H,10-13H2,1H3,(H,23,24). The Balaban J connectivity index is 1.48. The topological polar surface area (TPSA) is 52.2 Å². The van der Waals surface area contributed by atoms with E-state index in [4.69, 9.17) is 0 Å². The van der Waals surface area contributed by atoms with E-state index in [1.807, 2.05) is 42.2 Å². The molecule has 27 heavy (non-hydrogen) atoms. The summed E-state index contributed by atoms with van der Waals surface area (Å²) in [5, 5.41) is 7.02. The molecule has 138 valence electrons. The van der Waals surface area contributed by atoms with E-state index in [1.54, 1.807) is 23.2 Å². The Kier molecular flexibility index (Phi) is 4.62. The van der Waals surface area contributed by atoms with Crippen LogP contribution in [0.5, 0.6) is 0 Å². The van der Waals surface area contributed by atoms with Gasteiger partial charge in [0.2, 0.25) is 0 Å². The van der Waals surface area contributed by atoms with Gasteiger partial charge in [0.05, 0.1) is 23.1 Å². The molecule has 0 unspecified atom stereocenters. The summed E-state index contributed by atoms with van der Waals surface area (Å²) < 4.78 is 14.0. The molecular weight excluding hydrogens is 343 g/mol. The Hall–Kier alpha value is -3.15. The molecule has 1 saturated heterocycles. The van der Waals surface area contributed by atoms with Crippen molar-refractivity contribution < 1.29 is 9.18 Å². The number of carbonyl (C=O) groups excluding carboxylic acids is 1. The zero-order valence-corrected chi connectivity index (χ0v) is 15.2. The predicted octanol–water partition coefficient (Wildman–Crippen LogP) is 3.49. The summed E-state index contributed by atoms with van der Waals surface area (Å²) in [4.78, 5) is 16.8. The van der Waals surface area contributed by atoms with Gasteiger partial charge in [0.25, 0.3) is 5.91 Å². The molecule has 2 aromatic carbocycles. The van der Waals surface area contributed by atoms with E-state index < -0.39 is 0 Å². The van der Waals surface area contributed by atoms with Gasteiger partial charge in [-0.05, 0) is 19.1 Å². The number of aromatic amines is 1. The number of amides is 1. The number of para-hydroxylation sites is 1. The van der Waals surface area contributed by atoms with E-state index in [0.29, 0.717) is 37.4 Å². The van der Waals surface area contributed by atoms with Crippen LogP contribution in [0.3, 0.4) is 0 Å². The van der Waals surface area contributed by atoms with Crippen LogP contribution in [0.4, 0.5) is 10.1 Å². The molecule has 0 bridgehead atoms. The second-order valence-electron chi connectivity index (χ2n) is 6.76. The number of H-pyrrole nitrogens is 1. The number of aryl methyl sites for hydroxylation is 1. The van der Waals surface area contributed by atoms with Gasteiger partial charge in [0.15, 0.2) is 0 Å². The first-order valence-electron chi connectivity index (χ1n) is 9.02. The average Bonchev–Trinajstić information content (AvgIpc) is 3.18. The van der Waals surface area contributed by atoms with Crippen molar-refractivity contribution in [1.29, 1.82) is 0 Å². The van der Waals surface area contributed by atoms with E-state index in [1.165, 1.54) is 6.07 Å². The minimum Gasteiger partial charge on any atom is -0.366 e. The Morgan fingerprint density at radius 3 is 2.44 bits per heavy atom. The fourth-order valence-corrected chi connectivity index (χ4v) is 3.42. The highest BCUT2D eigenvalue weighted by Crippen LogP contribution is 2.24. The lowest BCUT2D eigenvalue weighted by atomic mass is 10.1. The van der Waals surface area contributed by atoms with Crippen LogP contribution in [-0.2, 0) is 0 Å². The fourth-order valence-electron chi connectivity index (χ4n) is 3.42. The first-order valence-corrected chi connectivity index (χ1v) is 9.02. The number of halogens is 1. The van der Waals surface area contributed by atoms with E-state index in [2.05, 4.69) is 10.2 Å². The Labute approximate surface area is 157 Å². The quantitative estimate of drug-likeness (QED) is 0.774. The third-order valence-electron chi connectivity index (χ3n) is 4.97. The maximum Gasteiger partial charge on any atom is 0.257 e. The van der Waals surface area contributed by atoms with Crippen LogP contribution < -0.4 is 4.90 Å². The molecule has 0 atom stereocenters. The molecule has 0 saturated carbocycles. The van der Waals surface area contributed by atoms with Crippen molar-refractivity contribution in [3.63, 3.8) is 0 Å². The highest BCUT2D eigenvalue weighted by molar-refractivity contribution is 5.99. The molecular formula is C21H21FN4O. The fraction of sp³-hybridized carbons (Fsp3) is 0.238. The second kappa shape index (κ2) is 7.23.